The predicted octanol–water partition coefficient (Wildman–Crippen LogP) is 2.05. The van der Waals surface area contributed by atoms with Crippen molar-refractivity contribution in [2.75, 3.05) is 46.1 Å². The van der Waals surface area contributed by atoms with Crippen LogP contribution in [0.5, 0.6) is 0 Å². The van der Waals surface area contributed by atoms with Crippen molar-refractivity contribution in [3.8, 4) is 0 Å². The first-order valence-corrected chi connectivity index (χ1v) is 6.54. The normalized spacial score (nSPS) is 17.3. The zero-order valence-electron chi connectivity index (χ0n) is 10.8. The highest BCUT2D eigenvalue weighted by molar-refractivity contribution is 5.48. The lowest BCUT2D eigenvalue weighted by molar-refractivity contribution is 0.0234. The van der Waals surface area contributed by atoms with Gasteiger partial charge in [0.25, 0.3) is 0 Å². The molecule has 0 unspecified atom stereocenters. The van der Waals surface area contributed by atoms with Crippen LogP contribution >= 0.6 is 0 Å². The van der Waals surface area contributed by atoms with Crippen LogP contribution in [-0.2, 0) is 9.47 Å². The van der Waals surface area contributed by atoms with Gasteiger partial charge in [0.2, 0.25) is 0 Å². The molecule has 1 aliphatic rings. The summed E-state index contributed by atoms with van der Waals surface area (Å²) in [6.45, 7) is 6.25. The number of nitrogens with zero attached hydrogens (tertiary/aromatic N) is 1. The van der Waals surface area contributed by atoms with Crippen LogP contribution in [0.4, 0.5) is 0 Å². The number of rotatable bonds is 6. The Balaban J connectivity index is 1.54. The summed E-state index contributed by atoms with van der Waals surface area (Å²) in [5, 5.41) is 0. The van der Waals surface area contributed by atoms with Gasteiger partial charge in [0.05, 0.1) is 26.4 Å². The Morgan fingerprint density at radius 2 is 1.94 bits per heavy atom. The van der Waals surface area contributed by atoms with Crippen LogP contribution in [0.1, 0.15) is 5.56 Å². The van der Waals surface area contributed by atoms with Gasteiger partial charge in [-0.25, -0.2) is 0 Å². The second-order valence-electron chi connectivity index (χ2n) is 4.34. The van der Waals surface area contributed by atoms with E-state index in [1.54, 1.807) is 0 Å². The minimum Gasteiger partial charge on any atom is -0.379 e. The SMILES string of the molecule is C(=Cc1ccccc1)COCCN1CCOCC1. The molecule has 0 aromatic heterocycles. The molecule has 1 heterocycles. The lowest BCUT2D eigenvalue weighted by Crippen LogP contribution is -2.38. The van der Waals surface area contributed by atoms with E-state index in [4.69, 9.17) is 9.47 Å². The highest BCUT2D eigenvalue weighted by atomic mass is 16.5. The molecule has 1 fully saturated rings. The predicted molar refractivity (Wildman–Crippen MR) is 73.6 cm³/mol. The summed E-state index contributed by atoms with van der Waals surface area (Å²) in [6, 6.07) is 10.3. The highest BCUT2D eigenvalue weighted by Gasteiger charge is 2.08. The molecule has 3 nitrogen and oxygen atoms in total. The Morgan fingerprint density at radius 1 is 1.17 bits per heavy atom. The monoisotopic (exact) mass is 247 g/mol. The van der Waals surface area contributed by atoms with E-state index in [1.807, 2.05) is 18.2 Å². The summed E-state index contributed by atoms with van der Waals surface area (Å²) in [6.07, 6.45) is 4.16. The van der Waals surface area contributed by atoms with Crippen molar-refractivity contribution in [1.29, 1.82) is 0 Å². The molecule has 0 spiro atoms. The first-order valence-electron chi connectivity index (χ1n) is 6.54. The van der Waals surface area contributed by atoms with Crippen molar-refractivity contribution in [3.05, 3.63) is 42.0 Å². The molecule has 18 heavy (non-hydrogen) atoms. The van der Waals surface area contributed by atoms with Gasteiger partial charge < -0.3 is 9.47 Å². The van der Waals surface area contributed by atoms with E-state index >= 15 is 0 Å². The molecule has 98 valence electrons. The molecule has 1 aliphatic heterocycles. The maximum absolute atomic E-state index is 5.59. The first-order chi connectivity index (χ1) is 8.95. The van der Waals surface area contributed by atoms with Crippen LogP contribution in [0.2, 0.25) is 0 Å². The van der Waals surface area contributed by atoms with Crippen molar-refractivity contribution in [2.24, 2.45) is 0 Å². The Morgan fingerprint density at radius 3 is 2.72 bits per heavy atom. The summed E-state index contributed by atoms with van der Waals surface area (Å²) >= 11 is 0. The van der Waals surface area contributed by atoms with Crippen LogP contribution in [0.25, 0.3) is 6.08 Å². The number of hydrogen-bond acceptors (Lipinski definition) is 3. The molecule has 1 aromatic carbocycles. The summed E-state index contributed by atoms with van der Waals surface area (Å²) in [4.78, 5) is 2.38. The van der Waals surface area contributed by atoms with Gasteiger partial charge >= 0.3 is 0 Å². The Hall–Kier alpha value is -1.16. The molecule has 3 heteroatoms. The van der Waals surface area contributed by atoms with E-state index in [0.29, 0.717) is 6.61 Å². The van der Waals surface area contributed by atoms with Crippen LogP contribution in [0.15, 0.2) is 36.4 Å². The van der Waals surface area contributed by atoms with Gasteiger partial charge in [0.1, 0.15) is 0 Å². The van der Waals surface area contributed by atoms with Crippen LogP contribution in [0.3, 0.4) is 0 Å². The first kappa shape index (κ1) is 13.3. The molecule has 0 amide bonds. The second kappa shape index (κ2) is 8.03. The molecule has 0 aliphatic carbocycles. The topological polar surface area (TPSA) is 21.7 Å². The maximum atomic E-state index is 5.59. The molecule has 2 rings (SSSR count). The lowest BCUT2D eigenvalue weighted by Gasteiger charge is -2.26. The van der Waals surface area contributed by atoms with Gasteiger partial charge in [-0.3, -0.25) is 4.90 Å². The maximum Gasteiger partial charge on any atom is 0.0651 e. The standard InChI is InChI=1S/C15H21NO2/c1-2-5-15(6-3-1)7-4-11-17-12-8-16-9-13-18-14-10-16/h1-7H,8-14H2. The fourth-order valence-corrected chi connectivity index (χ4v) is 1.92. The summed E-state index contributed by atoms with van der Waals surface area (Å²) in [5.41, 5.74) is 1.22. The van der Waals surface area contributed by atoms with Crippen molar-refractivity contribution in [1.82, 2.24) is 4.90 Å². The third-order valence-corrected chi connectivity index (χ3v) is 2.98. The zero-order valence-corrected chi connectivity index (χ0v) is 10.8. The van der Waals surface area contributed by atoms with Crippen molar-refractivity contribution < 1.29 is 9.47 Å². The molecule has 0 bridgehead atoms. The summed E-state index contributed by atoms with van der Waals surface area (Å²) < 4.78 is 10.9. The number of benzene rings is 1. The van der Waals surface area contributed by atoms with Crippen LogP contribution in [-0.4, -0.2) is 51.0 Å². The van der Waals surface area contributed by atoms with E-state index in [2.05, 4.69) is 29.2 Å². The quantitative estimate of drug-likeness (QED) is 0.718. The lowest BCUT2D eigenvalue weighted by atomic mass is 10.2. The minimum atomic E-state index is 0.680. The number of hydrogen-bond donors (Lipinski definition) is 0. The van der Waals surface area contributed by atoms with E-state index in [1.165, 1.54) is 5.56 Å². The Bertz CT molecular complexity index is 345. The largest absolute Gasteiger partial charge is 0.379 e. The molecule has 1 aromatic rings. The van der Waals surface area contributed by atoms with E-state index < -0.39 is 0 Å². The Labute approximate surface area is 109 Å². The van der Waals surface area contributed by atoms with Crippen LogP contribution < -0.4 is 0 Å². The van der Waals surface area contributed by atoms with Gasteiger partial charge in [-0.2, -0.15) is 0 Å². The molecular weight excluding hydrogens is 226 g/mol. The second-order valence-corrected chi connectivity index (χ2v) is 4.34. The molecule has 1 saturated heterocycles. The average Bonchev–Trinajstić information content (AvgIpc) is 2.45. The molecule has 0 saturated carbocycles. The van der Waals surface area contributed by atoms with Crippen molar-refractivity contribution in [3.63, 3.8) is 0 Å². The molecule has 0 radical (unpaired) electrons. The molecular formula is C15H21NO2. The number of morpholine rings is 1. The number of ether oxygens (including phenoxy) is 2. The fourth-order valence-electron chi connectivity index (χ4n) is 1.92. The van der Waals surface area contributed by atoms with Gasteiger partial charge in [0.15, 0.2) is 0 Å². The van der Waals surface area contributed by atoms with E-state index in [-0.39, 0.29) is 0 Å². The third-order valence-electron chi connectivity index (χ3n) is 2.98. The van der Waals surface area contributed by atoms with E-state index in [0.717, 1.165) is 39.5 Å². The van der Waals surface area contributed by atoms with Gasteiger partial charge in [-0.05, 0) is 5.56 Å². The summed E-state index contributed by atoms with van der Waals surface area (Å²) in [7, 11) is 0. The molecule has 0 N–H and O–H groups in total. The smallest absolute Gasteiger partial charge is 0.0651 e. The highest BCUT2D eigenvalue weighted by Crippen LogP contribution is 2.00. The van der Waals surface area contributed by atoms with Gasteiger partial charge in [-0.1, -0.05) is 42.5 Å². The van der Waals surface area contributed by atoms with Crippen LogP contribution in [0, 0.1) is 0 Å². The van der Waals surface area contributed by atoms with Gasteiger partial charge in [0, 0.05) is 19.6 Å². The van der Waals surface area contributed by atoms with Crippen molar-refractivity contribution >= 4 is 6.08 Å². The Kier molecular flexibility index (Phi) is 5.92. The third kappa shape index (κ3) is 5.00. The summed E-state index contributed by atoms with van der Waals surface area (Å²) in [5.74, 6) is 0. The van der Waals surface area contributed by atoms with Gasteiger partial charge in [-0.15, -0.1) is 0 Å². The fraction of sp³-hybridized carbons (Fsp3) is 0.467. The minimum absolute atomic E-state index is 0.680. The van der Waals surface area contributed by atoms with E-state index in [9.17, 15) is 0 Å². The zero-order chi connectivity index (χ0) is 12.5. The van der Waals surface area contributed by atoms with Crippen molar-refractivity contribution in [2.45, 2.75) is 0 Å². The molecule has 0 atom stereocenters. The average molecular weight is 247 g/mol.